The molecule has 11 atom stereocenters. The van der Waals surface area contributed by atoms with E-state index in [1.807, 2.05) is 4.98 Å². The molecule has 2 aliphatic heterocycles. The van der Waals surface area contributed by atoms with Crippen molar-refractivity contribution >= 4 is 21.6 Å². The van der Waals surface area contributed by atoms with Crippen LogP contribution in [-0.4, -0.2) is 130 Å². The van der Waals surface area contributed by atoms with Gasteiger partial charge >= 0.3 is 5.69 Å². The van der Waals surface area contributed by atoms with Gasteiger partial charge in [0.1, 0.15) is 36.6 Å². The number of phosphoric ester groups is 2. The largest absolute Gasteiger partial charge is 0.756 e. The van der Waals surface area contributed by atoms with E-state index in [1.54, 1.807) is 0 Å². The summed E-state index contributed by atoms with van der Waals surface area (Å²) >= 11 is 0. The Kier molecular flexibility index (Phi) is 12.9. The molecule has 6 unspecified atom stereocenters. The first-order valence-corrected chi connectivity index (χ1v) is 15.5. The summed E-state index contributed by atoms with van der Waals surface area (Å²) in [4.78, 5) is 62.0. The van der Waals surface area contributed by atoms with Crippen molar-refractivity contribution in [2.45, 2.75) is 55.2 Å². The fraction of sp³-hybridized carbons (Fsp3) is 0.750. The molecule has 2 fully saturated rings. The Morgan fingerprint density at radius 1 is 1.00 bits per heavy atom. The Morgan fingerprint density at radius 2 is 1.70 bits per heavy atom. The monoisotopic (exact) mass is 679 g/mol. The van der Waals surface area contributed by atoms with Crippen LogP contribution in [0.2, 0.25) is 0 Å². The van der Waals surface area contributed by atoms with E-state index in [0.717, 1.165) is 12.3 Å². The highest BCUT2D eigenvalue weighted by Gasteiger charge is 2.49. The molecule has 2 aliphatic rings. The van der Waals surface area contributed by atoms with Crippen LogP contribution in [0.3, 0.4) is 0 Å². The molecule has 0 spiro atoms. The number of ether oxygens (including phenoxy) is 4. The van der Waals surface area contributed by atoms with Crippen LogP contribution >= 0.6 is 15.6 Å². The molecule has 24 heteroatoms. The zero-order chi connectivity index (χ0) is 32.8. The lowest BCUT2D eigenvalue weighted by molar-refractivity contribution is -0.297. The van der Waals surface area contributed by atoms with Gasteiger partial charge in [0.25, 0.3) is 27.1 Å². The Hall–Kier alpha value is -1.95. The third-order valence-electron chi connectivity index (χ3n) is 6.10. The van der Waals surface area contributed by atoms with Gasteiger partial charge in [0.2, 0.25) is 0 Å². The second-order valence-electron chi connectivity index (χ2n) is 9.23. The lowest BCUT2D eigenvalue weighted by Crippen LogP contribution is -2.62. The van der Waals surface area contributed by atoms with Gasteiger partial charge in [0.15, 0.2) is 18.6 Å². The predicted octanol–water partition coefficient (Wildman–Crippen LogP) is -6.27. The first-order valence-electron chi connectivity index (χ1n) is 12.6. The molecule has 252 valence electrons. The topological polar surface area (TPSA) is 330 Å². The molecule has 0 bridgehead atoms. The first-order chi connectivity index (χ1) is 20.6. The number of aromatic amines is 1. The van der Waals surface area contributed by atoms with Gasteiger partial charge in [0, 0.05) is 25.9 Å². The van der Waals surface area contributed by atoms with Gasteiger partial charge in [-0.3, -0.25) is 32.8 Å². The number of H-pyrrole nitrogens is 1. The van der Waals surface area contributed by atoms with Crippen LogP contribution in [0.15, 0.2) is 21.9 Å². The number of amides is 1. The number of aliphatic hydroxyl groups is 5. The first kappa shape index (κ1) is 36.5. The maximum absolute atomic E-state index is 12.4. The standard InChI is InChI=1S/C20H33N3O19P2/c1-36-6-7-37-5-3-21-17(30)16-13(27)12(26)15(29)19(40-16)41-44(34,35)42-43(32,33)38-8-9-11(25)14(28)18(39-9)23-4-2-10(24)22-20(23)31/h2,4,9,11-16,18-19,25-29H,3,5-8H2,1H3,(H,21,30)(H,32,33)(H,34,35)(H,22,24,31)/p-2/t9-,11+,12+,13-,14+,15?,16?,18?,19?/m1/s1. The highest BCUT2D eigenvalue weighted by Crippen LogP contribution is 2.57. The van der Waals surface area contributed by atoms with Crippen LogP contribution in [0.1, 0.15) is 6.23 Å². The number of carbonyl (C=O) groups excluding carboxylic acids is 1. The highest BCUT2D eigenvalue weighted by molar-refractivity contribution is 7.59. The smallest absolute Gasteiger partial charge is 0.330 e. The van der Waals surface area contributed by atoms with Gasteiger partial charge in [-0.15, -0.1) is 0 Å². The van der Waals surface area contributed by atoms with Crippen molar-refractivity contribution in [1.82, 2.24) is 14.9 Å². The second kappa shape index (κ2) is 15.6. The maximum Gasteiger partial charge on any atom is 0.330 e. The summed E-state index contributed by atoms with van der Waals surface area (Å²) in [5.41, 5.74) is -1.81. The minimum Gasteiger partial charge on any atom is -0.756 e. The maximum atomic E-state index is 12.4. The average molecular weight is 679 g/mol. The van der Waals surface area contributed by atoms with Crippen LogP contribution in [-0.2, 0) is 46.2 Å². The predicted molar refractivity (Wildman–Crippen MR) is 133 cm³/mol. The summed E-state index contributed by atoms with van der Waals surface area (Å²) in [5.74, 6) is -1.08. The summed E-state index contributed by atoms with van der Waals surface area (Å²) in [5, 5.41) is 52.9. The number of methoxy groups -OCH3 is 1. The number of rotatable bonds is 15. The summed E-state index contributed by atoms with van der Waals surface area (Å²) in [7, 11) is -10.5. The third kappa shape index (κ3) is 9.53. The zero-order valence-corrected chi connectivity index (χ0v) is 24.5. The van der Waals surface area contributed by atoms with Gasteiger partial charge in [0.05, 0.1) is 26.4 Å². The van der Waals surface area contributed by atoms with Gasteiger partial charge in [-0.05, 0) is 0 Å². The van der Waals surface area contributed by atoms with Crippen LogP contribution in [0.4, 0.5) is 0 Å². The van der Waals surface area contributed by atoms with Crippen molar-refractivity contribution in [3.8, 4) is 0 Å². The minimum absolute atomic E-state index is 0.000400. The van der Waals surface area contributed by atoms with Crippen molar-refractivity contribution in [1.29, 1.82) is 0 Å². The fourth-order valence-corrected chi connectivity index (χ4v) is 6.01. The summed E-state index contributed by atoms with van der Waals surface area (Å²) < 4.78 is 58.0. The van der Waals surface area contributed by atoms with E-state index in [-0.39, 0.29) is 26.4 Å². The molecule has 3 rings (SSSR count). The Morgan fingerprint density at radius 3 is 2.36 bits per heavy atom. The SMILES string of the molecule is COCCOCCNC(=O)C1OC(OP(=O)([O-])OP(=O)([O-])OC[C@H]2OC(n3ccc(=O)[nH]c3=O)[C@@H](O)[C@H]2O)C(O)[C@@H](O)[C@H]1O. The van der Waals surface area contributed by atoms with Crippen LogP contribution < -0.4 is 26.4 Å². The number of phosphoric acid groups is 2. The van der Waals surface area contributed by atoms with E-state index < -0.39 is 94.7 Å². The molecule has 1 aromatic rings. The van der Waals surface area contributed by atoms with E-state index in [4.69, 9.17) is 18.9 Å². The number of carbonyl (C=O) groups is 1. The van der Waals surface area contributed by atoms with E-state index in [0.29, 0.717) is 4.57 Å². The molecule has 0 radical (unpaired) electrons. The minimum atomic E-state index is -6.04. The van der Waals surface area contributed by atoms with Gasteiger partial charge in [-0.1, -0.05) is 0 Å². The molecule has 44 heavy (non-hydrogen) atoms. The zero-order valence-electron chi connectivity index (χ0n) is 22.7. The van der Waals surface area contributed by atoms with Crippen molar-refractivity contribution in [2.24, 2.45) is 0 Å². The number of hydrogen-bond acceptors (Lipinski definition) is 19. The Labute approximate surface area is 246 Å². The van der Waals surface area contributed by atoms with Gasteiger partial charge in [-0.2, -0.15) is 0 Å². The van der Waals surface area contributed by atoms with E-state index >= 15 is 0 Å². The molecule has 2 saturated heterocycles. The van der Waals surface area contributed by atoms with Crippen molar-refractivity contribution in [3.05, 3.63) is 33.1 Å². The molecule has 7 N–H and O–H groups in total. The normalized spacial score (nSPS) is 33.4. The molecular weight excluding hydrogens is 648 g/mol. The number of aliphatic hydroxyl groups excluding tert-OH is 5. The number of aromatic nitrogens is 2. The lowest BCUT2D eigenvalue weighted by Gasteiger charge is -2.41. The number of hydrogen-bond donors (Lipinski definition) is 7. The summed E-state index contributed by atoms with van der Waals surface area (Å²) in [6.07, 6.45) is -17.1. The molecule has 0 aliphatic carbocycles. The quantitative estimate of drug-likeness (QED) is 0.0669. The average Bonchev–Trinajstić information content (AvgIpc) is 3.22. The lowest BCUT2D eigenvalue weighted by atomic mass is 9.98. The van der Waals surface area contributed by atoms with Crippen molar-refractivity contribution in [3.63, 3.8) is 0 Å². The fourth-order valence-electron chi connectivity index (χ4n) is 3.92. The van der Waals surface area contributed by atoms with Crippen molar-refractivity contribution < 1.29 is 81.5 Å². The van der Waals surface area contributed by atoms with Crippen LogP contribution in [0.5, 0.6) is 0 Å². The molecule has 0 saturated carbocycles. The Balaban J connectivity index is 1.57. The van der Waals surface area contributed by atoms with E-state index in [2.05, 4.69) is 18.7 Å². The van der Waals surface area contributed by atoms with E-state index in [1.165, 1.54) is 7.11 Å². The van der Waals surface area contributed by atoms with Gasteiger partial charge in [-0.25, -0.2) is 9.11 Å². The number of nitrogens with zero attached hydrogens (tertiary/aromatic N) is 1. The molecule has 1 amide bonds. The molecule has 1 aromatic heterocycles. The second-order valence-corrected chi connectivity index (χ2v) is 12.1. The van der Waals surface area contributed by atoms with Gasteiger partial charge < -0.3 is 64.1 Å². The van der Waals surface area contributed by atoms with Crippen molar-refractivity contribution in [2.75, 3.05) is 40.1 Å². The summed E-state index contributed by atoms with van der Waals surface area (Å²) in [6.45, 7) is -0.784. The Bertz CT molecular complexity index is 1330. The van der Waals surface area contributed by atoms with E-state index in [9.17, 15) is 58.8 Å². The summed E-state index contributed by atoms with van der Waals surface area (Å²) in [6, 6.07) is 0.904. The number of nitrogens with one attached hydrogen (secondary N) is 2. The molecule has 22 nitrogen and oxygen atoms in total. The third-order valence-corrected chi connectivity index (χ3v) is 8.63. The molecular formula is C20H31N3O19P2-2. The van der Waals surface area contributed by atoms with Crippen LogP contribution in [0.25, 0.3) is 0 Å². The highest BCUT2D eigenvalue weighted by atomic mass is 31.3. The van der Waals surface area contributed by atoms with Crippen LogP contribution in [0, 0.1) is 0 Å². The molecule has 3 heterocycles. The molecule has 0 aromatic carbocycles.